The first kappa shape index (κ1) is 13.4. The van der Waals surface area contributed by atoms with Crippen molar-refractivity contribution in [3.8, 4) is 0 Å². The van der Waals surface area contributed by atoms with Gasteiger partial charge in [0.15, 0.2) is 5.82 Å². The Morgan fingerprint density at radius 3 is 2.44 bits per heavy atom. The molecular formula is C14H23N3O. The summed E-state index contributed by atoms with van der Waals surface area (Å²) < 4.78 is 6.02. The van der Waals surface area contributed by atoms with Crippen molar-refractivity contribution in [2.24, 2.45) is 0 Å². The lowest BCUT2D eigenvalue weighted by atomic mass is 9.84. The number of ether oxygens (including phenoxy) is 1. The quantitative estimate of drug-likeness (QED) is 0.870. The summed E-state index contributed by atoms with van der Waals surface area (Å²) in [5.41, 5.74) is 0.884. The van der Waals surface area contributed by atoms with Crippen LogP contribution in [-0.4, -0.2) is 23.6 Å². The molecule has 1 N–H and O–H groups in total. The fourth-order valence-corrected chi connectivity index (χ4v) is 2.72. The third-order valence-electron chi connectivity index (χ3n) is 3.58. The van der Waals surface area contributed by atoms with Crippen molar-refractivity contribution < 1.29 is 4.74 Å². The van der Waals surface area contributed by atoms with E-state index in [1.54, 1.807) is 0 Å². The summed E-state index contributed by atoms with van der Waals surface area (Å²) in [6, 6.07) is 0. The highest BCUT2D eigenvalue weighted by Gasteiger charge is 2.37. The van der Waals surface area contributed by atoms with E-state index < -0.39 is 0 Å². The van der Waals surface area contributed by atoms with Crippen LogP contribution in [0, 0.1) is 0 Å². The molecule has 0 unspecified atom stereocenters. The Morgan fingerprint density at radius 2 is 1.89 bits per heavy atom. The molecule has 1 aliphatic carbocycles. The number of nitrogens with one attached hydrogen (secondary N) is 1. The largest absolute Gasteiger partial charge is 0.367 e. The van der Waals surface area contributed by atoms with E-state index in [9.17, 15) is 0 Å². The molecule has 0 saturated heterocycles. The molecule has 1 saturated carbocycles. The van der Waals surface area contributed by atoms with Crippen LogP contribution >= 0.6 is 0 Å². The van der Waals surface area contributed by atoms with E-state index in [1.807, 2.05) is 26.4 Å². The summed E-state index contributed by atoms with van der Waals surface area (Å²) in [5, 5.41) is 3.11. The number of nitrogens with zero attached hydrogens (tertiary/aromatic N) is 2. The Balaban J connectivity index is 2.19. The third-order valence-corrected chi connectivity index (χ3v) is 3.58. The molecule has 0 aromatic carbocycles. The van der Waals surface area contributed by atoms with E-state index in [4.69, 9.17) is 4.74 Å². The average molecular weight is 249 g/mol. The summed E-state index contributed by atoms with van der Waals surface area (Å²) >= 11 is 0. The average Bonchev–Trinajstić information content (AvgIpc) is 2.41. The minimum Gasteiger partial charge on any atom is -0.367 e. The van der Waals surface area contributed by atoms with Gasteiger partial charge in [0.2, 0.25) is 0 Å². The Kier molecular flexibility index (Phi) is 4.66. The van der Waals surface area contributed by atoms with E-state index >= 15 is 0 Å². The smallest absolute Gasteiger partial charge is 0.160 e. The van der Waals surface area contributed by atoms with Gasteiger partial charge in [-0.2, -0.15) is 0 Å². The van der Waals surface area contributed by atoms with Gasteiger partial charge in [-0.3, -0.25) is 0 Å². The lowest BCUT2D eigenvalue weighted by Gasteiger charge is -2.35. The molecule has 0 bridgehead atoms. The van der Waals surface area contributed by atoms with Crippen molar-refractivity contribution in [2.75, 3.05) is 13.7 Å². The van der Waals surface area contributed by atoms with Crippen LogP contribution in [0.3, 0.4) is 0 Å². The Morgan fingerprint density at radius 1 is 1.22 bits per heavy atom. The van der Waals surface area contributed by atoms with Crippen molar-refractivity contribution in [2.45, 2.75) is 51.2 Å². The summed E-state index contributed by atoms with van der Waals surface area (Å²) in [5.74, 6) is 0.865. The molecule has 1 heterocycles. The summed E-state index contributed by atoms with van der Waals surface area (Å²) in [7, 11) is 1.93. The maximum atomic E-state index is 6.02. The number of hydrogen-bond acceptors (Lipinski definition) is 4. The minimum atomic E-state index is -0.231. The zero-order valence-electron chi connectivity index (χ0n) is 11.4. The molecule has 1 aromatic rings. The van der Waals surface area contributed by atoms with Crippen molar-refractivity contribution in [1.82, 2.24) is 15.3 Å². The molecule has 0 amide bonds. The Bertz CT molecular complexity index is 352. The van der Waals surface area contributed by atoms with E-state index in [0.29, 0.717) is 0 Å². The van der Waals surface area contributed by atoms with Crippen LogP contribution in [0.25, 0.3) is 0 Å². The highest BCUT2D eigenvalue weighted by atomic mass is 16.5. The molecule has 2 rings (SSSR count). The second-order valence-corrected chi connectivity index (χ2v) is 4.93. The Hall–Kier alpha value is -1.00. The Labute approximate surface area is 109 Å². The molecule has 0 spiro atoms. The molecule has 1 aliphatic rings. The maximum Gasteiger partial charge on any atom is 0.160 e. The van der Waals surface area contributed by atoms with Gasteiger partial charge in [0.05, 0.1) is 0 Å². The van der Waals surface area contributed by atoms with Gasteiger partial charge in [0.25, 0.3) is 0 Å². The zero-order valence-corrected chi connectivity index (χ0v) is 11.4. The predicted molar refractivity (Wildman–Crippen MR) is 71.2 cm³/mol. The topological polar surface area (TPSA) is 47.0 Å². The van der Waals surface area contributed by atoms with Gasteiger partial charge in [0.1, 0.15) is 5.60 Å². The molecule has 1 aromatic heterocycles. The molecule has 1 fully saturated rings. The second kappa shape index (κ2) is 6.25. The monoisotopic (exact) mass is 249 g/mol. The van der Waals surface area contributed by atoms with Crippen LogP contribution in [0.2, 0.25) is 0 Å². The molecule has 4 nitrogen and oxygen atoms in total. The van der Waals surface area contributed by atoms with Gasteiger partial charge < -0.3 is 10.1 Å². The van der Waals surface area contributed by atoms with E-state index in [-0.39, 0.29) is 5.60 Å². The number of rotatable bonds is 5. The first-order chi connectivity index (χ1) is 8.80. The third kappa shape index (κ3) is 2.87. The van der Waals surface area contributed by atoms with Crippen molar-refractivity contribution >= 4 is 0 Å². The predicted octanol–water partition coefficient (Wildman–Crippen LogP) is 2.39. The van der Waals surface area contributed by atoms with Gasteiger partial charge in [-0.15, -0.1) is 0 Å². The van der Waals surface area contributed by atoms with Crippen LogP contribution in [0.15, 0.2) is 12.4 Å². The van der Waals surface area contributed by atoms with Crippen molar-refractivity contribution in [3.05, 3.63) is 23.8 Å². The summed E-state index contributed by atoms with van der Waals surface area (Å²) in [6.07, 6.45) is 9.64. The van der Waals surface area contributed by atoms with Gasteiger partial charge in [-0.25, -0.2) is 9.97 Å². The molecule has 0 atom stereocenters. The van der Waals surface area contributed by atoms with Crippen LogP contribution in [0.5, 0.6) is 0 Å². The number of aromatic nitrogens is 2. The standard InChI is InChI=1S/C14H23N3O/c1-3-18-14(7-5-4-6-8-14)13-16-10-12(9-15-2)11-17-13/h10-11,15H,3-9H2,1-2H3. The maximum absolute atomic E-state index is 6.02. The molecule has 0 radical (unpaired) electrons. The van der Waals surface area contributed by atoms with E-state index in [0.717, 1.165) is 37.4 Å². The molecule has 0 aliphatic heterocycles. The van der Waals surface area contributed by atoms with E-state index in [1.165, 1.54) is 19.3 Å². The fourth-order valence-electron chi connectivity index (χ4n) is 2.72. The number of hydrogen-bond donors (Lipinski definition) is 1. The van der Waals surface area contributed by atoms with Crippen LogP contribution in [-0.2, 0) is 16.9 Å². The highest BCUT2D eigenvalue weighted by Crippen LogP contribution is 2.38. The zero-order chi connectivity index (χ0) is 12.8. The van der Waals surface area contributed by atoms with E-state index in [2.05, 4.69) is 15.3 Å². The normalized spacial score (nSPS) is 18.8. The summed E-state index contributed by atoms with van der Waals surface area (Å²) in [4.78, 5) is 9.07. The highest BCUT2D eigenvalue weighted by molar-refractivity contribution is 5.10. The summed E-state index contributed by atoms with van der Waals surface area (Å²) in [6.45, 7) is 3.58. The van der Waals surface area contributed by atoms with Gasteiger partial charge in [-0.05, 0) is 26.8 Å². The van der Waals surface area contributed by atoms with Crippen LogP contribution in [0.1, 0.15) is 50.4 Å². The lowest BCUT2D eigenvalue weighted by molar-refractivity contribution is -0.0767. The first-order valence-electron chi connectivity index (χ1n) is 6.91. The van der Waals surface area contributed by atoms with Gasteiger partial charge >= 0.3 is 0 Å². The lowest BCUT2D eigenvalue weighted by Crippen LogP contribution is -2.34. The second-order valence-electron chi connectivity index (χ2n) is 4.93. The van der Waals surface area contributed by atoms with Crippen molar-refractivity contribution in [1.29, 1.82) is 0 Å². The van der Waals surface area contributed by atoms with Crippen molar-refractivity contribution in [3.63, 3.8) is 0 Å². The van der Waals surface area contributed by atoms with Crippen LogP contribution < -0.4 is 5.32 Å². The molecule has 18 heavy (non-hydrogen) atoms. The first-order valence-corrected chi connectivity index (χ1v) is 6.91. The minimum absolute atomic E-state index is 0.231. The van der Waals surface area contributed by atoms with Gasteiger partial charge in [0, 0.05) is 31.1 Å². The molecule has 100 valence electrons. The van der Waals surface area contributed by atoms with Crippen LogP contribution in [0.4, 0.5) is 0 Å². The molecular weight excluding hydrogens is 226 g/mol. The molecule has 4 heteroatoms. The fraction of sp³-hybridized carbons (Fsp3) is 0.714. The van der Waals surface area contributed by atoms with Gasteiger partial charge in [-0.1, -0.05) is 19.3 Å². The SMILES string of the molecule is CCOC1(c2ncc(CNC)cn2)CCCCC1.